The van der Waals surface area contributed by atoms with Gasteiger partial charge in [-0.15, -0.1) is 11.3 Å². The molecular weight excluding hydrogens is 428 g/mol. The number of carboxylic acid groups (broad SMARTS) is 1. The number of hydrogen-bond donors (Lipinski definition) is 1. The quantitative estimate of drug-likeness (QED) is 0.269. The Balaban J connectivity index is 1.69. The Kier molecular flexibility index (Phi) is 6.34. The second-order valence-electron chi connectivity index (χ2n) is 6.85. The number of aromatic carboxylic acids is 1. The Morgan fingerprint density at radius 3 is 2.42 bits per heavy atom. The van der Waals surface area contributed by atoms with E-state index in [2.05, 4.69) is 16.0 Å². The summed E-state index contributed by atoms with van der Waals surface area (Å²) in [7, 11) is 1.65. The van der Waals surface area contributed by atoms with Crippen molar-refractivity contribution in [1.29, 1.82) is 0 Å². The van der Waals surface area contributed by atoms with Gasteiger partial charge in [-0.25, -0.2) is 14.8 Å². The zero-order valence-corrected chi connectivity index (χ0v) is 18.7. The minimum Gasteiger partial charge on any atom is -0.497 e. The molecule has 4 aromatic rings. The third-order valence-corrected chi connectivity index (χ3v) is 6.89. The molecule has 0 aliphatic carbocycles. The van der Waals surface area contributed by atoms with Crippen molar-refractivity contribution in [1.82, 2.24) is 9.97 Å². The van der Waals surface area contributed by atoms with Gasteiger partial charge < -0.3 is 9.84 Å². The van der Waals surface area contributed by atoms with Crippen LogP contribution in [0.2, 0.25) is 0 Å². The van der Waals surface area contributed by atoms with Crippen LogP contribution in [0, 0.1) is 6.92 Å². The average molecular weight is 449 g/mol. The minimum absolute atomic E-state index is 0.278. The largest absolute Gasteiger partial charge is 0.497 e. The molecule has 1 N–H and O–H groups in total. The summed E-state index contributed by atoms with van der Waals surface area (Å²) in [4.78, 5) is 22.3. The molecule has 5 nitrogen and oxygen atoms in total. The first-order chi connectivity index (χ1) is 15.0. The number of thiophene rings is 1. The van der Waals surface area contributed by atoms with Crippen molar-refractivity contribution < 1.29 is 14.6 Å². The fourth-order valence-corrected chi connectivity index (χ4v) is 5.22. The van der Waals surface area contributed by atoms with E-state index in [0.29, 0.717) is 5.75 Å². The summed E-state index contributed by atoms with van der Waals surface area (Å²) >= 11 is 3.28. The van der Waals surface area contributed by atoms with Gasteiger partial charge in [-0.05, 0) is 72.1 Å². The molecule has 7 heteroatoms. The Morgan fingerprint density at radius 2 is 1.77 bits per heavy atom. The summed E-state index contributed by atoms with van der Waals surface area (Å²) in [5.74, 6) is 0.604. The summed E-state index contributed by atoms with van der Waals surface area (Å²) in [6.45, 7) is 1.95. The van der Waals surface area contributed by atoms with Crippen LogP contribution in [-0.4, -0.2) is 28.2 Å². The van der Waals surface area contributed by atoms with Crippen LogP contribution in [-0.2, 0) is 5.75 Å². The van der Waals surface area contributed by atoms with Gasteiger partial charge >= 0.3 is 5.97 Å². The second-order valence-corrected chi connectivity index (χ2v) is 8.84. The number of carbonyl (C=O) groups is 1. The molecular formula is C24H20N2O3S2. The molecule has 2 aromatic heterocycles. The van der Waals surface area contributed by atoms with Crippen LogP contribution in [0.4, 0.5) is 0 Å². The van der Waals surface area contributed by atoms with Crippen LogP contribution in [0.25, 0.3) is 20.9 Å². The van der Waals surface area contributed by atoms with E-state index in [4.69, 9.17) is 4.74 Å². The lowest BCUT2D eigenvalue weighted by molar-refractivity contribution is 0.0697. The monoisotopic (exact) mass is 448 g/mol. The third-order valence-electron chi connectivity index (χ3n) is 4.71. The number of hydrogen-bond acceptors (Lipinski definition) is 6. The summed E-state index contributed by atoms with van der Waals surface area (Å²) in [5.41, 5.74) is 4.48. The number of ether oxygens (including phenoxy) is 1. The standard InChI is InChI=1S/C24H20N2O3S2/c1-15-11-12-25-24(26-15)30-14-19-13-21(16-7-9-20(29-2)10-8-16)31-22(19)17-3-5-18(6-4-17)23(27)28/h3-13H,14H2,1-2H3,(H,27,28). The van der Waals surface area contributed by atoms with Gasteiger partial charge in [0.2, 0.25) is 0 Å². The molecule has 0 bridgehead atoms. The number of aromatic nitrogens is 2. The normalized spacial score (nSPS) is 10.8. The molecule has 0 saturated carbocycles. The Bertz CT molecular complexity index is 1200. The molecule has 2 heterocycles. The Morgan fingerprint density at radius 1 is 1.06 bits per heavy atom. The van der Waals surface area contributed by atoms with Gasteiger partial charge in [0.15, 0.2) is 5.16 Å². The van der Waals surface area contributed by atoms with E-state index in [1.54, 1.807) is 48.5 Å². The lowest BCUT2D eigenvalue weighted by atomic mass is 10.1. The number of carboxylic acids is 1. The van der Waals surface area contributed by atoms with E-state index in [9.17, 15) is 9.90 Å². The summed E-state index contributed by atoms with van der Waals surface area (Å²) < 4.78 is 5.27. The molecule has 156 valence electrons. The summed E-state index contributed by atoms with van der Waals surface area (Å²) in [6, 6.07) is 19.1. The molecule has 2 aromatic carbocycles. The van der Waals surface area contributed by atoms with E-state index < -0.39 is 5.97 Å². The maximum atomic E-state index is 11.2. The lowest BCUT2D eigenvalue weighted by Crippen LogP contribution is -1.95. The fourth-order valence-electron chi connectivity index (χ4n) is 3.08. The van der Waals surface area contributed by atoms with Crippen molar-refractivity contribution in [2.45, 2.75) is 17.8 Å². The molecule has 0 radical (unpaired) electrons. The first kappa shape index (κ1) is 21.1. The first-order valence-electron chi connectivity index (χ1n) is 9.57. The zero-order valence-electron chi connectivity index (χ0n) is 17.0. The smallest absolute Gasteiger partial charge is 0.335 e. The van der Waals surface area contributed by atoms with Crippen LogP contribution >= 0.6 is 23.1 Å². The Labute approximate surface area is 188 Å². The van der Waals surface area contributed by atoms with Crippen LogP contribution < -0.4 is 4.74 Å². The highest BCUT2D eigenvalue weighted by atomic mass is 32.2. The second kappa shape index (κ2) is 9.32. The number of aryl methyl sites for hydroxylation is 1. The molecule has 0 unspecified atom stereocenters. The van der Waals surface area contributed by atoms with E-state index in [0.717, 1.165) is 43.0 Å². The number of thioether (sulfide) groups is 1. The predicted molar refractivity (Wildman–Crippen MR) is 125 cm³/mol. The zero-order chi connectivity index (χ0) is 21.8. The minimum atomic E-state index is -0.927. The highest BCUT2D eigenvalue weighted by Gasteiger charge is 2.15. The van der Waals surface area contributed by atoms with E-state index >= 15 is 0 Å². The molecule has 0 amide bonds. The van der Waals surface area contributed by atoms with Crippen molar-refractivity contribution in [3.8, 4) is 26.6 Å². The van der Waals surface area contributed by atoms with Crippen LogP contribution in [0.1, 0.15) is 21.6 Å². The van der Waals surface area contributed by atoms with Gasteiger partial charge in [0, 0.05) is 27.4 Å². The number of nitrogens with zero attached hydrogens (tertiary/aromatic N) is 2. The molecule has 0 spiro atoms. The molecule has 0 aliphatic rings. The van der Waals surface area contributed by atoms with Crippen molar-refractivity contribution in [3.63, 3.8) is 0 Å². The maximum absolute atomic E-state index is 11.2. The number of rotatable bonds is 7. The van der Waals surface area contributed by atoms with Gasteiger partial charge in [0.05, 0.1) is 12.7 Å². The number of benzene rings is 2. The highest BCUT2D eigenvalue weighted by molar-refractivity contribution is 7.98. The summed E-state index contributed by atoms with van der Waals surface area (Å²) in [5, 5.41) is 9.94. The fraction of sp³-hybridized carbons (Fsp3) is 0.125. The van der Waals surface area contributed by atoms with Crippen LogP contribution in [0.5, 0.6) is 5.75 Å². The molecule has 0 atom stereocenters. The predicted octanol–water partition coefficient (Wildman–Crippen LogP) is 6.18. The third kappa shape index (κ3) is 4.95. The lowest BCUT2D eigenvalue weighted by Gasteiger charge is -2.05. The van der Waals surface area contributed by atoms with Gasteiger partial charge in [-0.2, -0.15) is 0 Å². The first-order valence-corrected chi connectivity index (χ1v) is 11.4. The van der Waals surface area contributed by atoms with Crippen LogP contribution in [0.15, 0.2) is 72.0 Å². The molecule has 4 rings (SSSR count). The van der Waals surface area contributed by atoms with Gasteiger partial charge in [-0.1, -0.05) is 23.9 Å². The molecule has 31 heavy (non-hydrogen) atoms. The topological polar surface area (TPSA) is 72.3 Å². The van der Waals surface area contributed by atoms with E-state index in [1.165, 1.54) is 0 Å². The summed E-state index contributed by atoms with van der Waals surface area (Å²) in [6.07, 6.45) is 1.77. The molecule has 0 aliphatic heterocycles. The number of methoxy groups -OCH3 is 1. The van der Waals surface area contributed by atoms with E-state index in [-0.39, 0.29) is 5.56 Å². The highest BCUT2D eigenvalue weighted by Crippen LogP contribution is 2.40. The van der Waals surface area contributed by atoms with E-state index in [1.807, 2.05) is 49.4 Å². The van der Waals surface area contributed by atoms with Crippen molar-refractivity contribution in [2.75, 3.05) is 7.11 Å². The van der Waals surface area contributed by atoms with Crippen LogP contribution in [0.3, 0.4) is 0 Å². The van der Waals surface area contributed by atoms with Gasteiger partial charge in [-0.3, -0.25) is 0 Å². The van der Waals surface area contributed by atoms with Crippen molar-refractivity contribution >= 4 is 29.1 Å². The molecule has 0 fully saturated rings. The molecule has 0 saturated heterocycles. The maximum Gasteiger partial charge on any atom is 0.335 e. The van der Waals surface area contributed by atoms with Crippen molar-refractivity contribution in [3.05, 3.63) is 83.7 Å². The average Bonchev–Trinajstić information content (AvgIpc) is 3.22. The van der Waals surface area contributed by atoms with Gasteiger partial charge in [0.25, 0.3) is 0 Å². The Hall–Kier alpha value is -3.16. The van der Waals surface area contributed by atoms with Crippen molar-refractivity contribution in [2.24, 2.45) is 0 Å². The van der Waals surface area contributed by atoms with Gasteiger partial charge in [0.1, 0.15) is 5.75 Å². The SMILES string of the molecule is COc1ccc(-c2cc(CSc3nccc(C)n3)c(-c3ccc(C(=O)O)cc3)s2)cc1.